The van der Waals surface area contributed by atoms with Crippen molar-refractivity contribution in [3.8, 4) is 0 Å². The standard InChI is InChI=1S/C16H17NO6S2/c1-4-23-15(18)11-5-7-12(8-6-11)25(20,21)17-13-9-10(2)14(24-13)16(19)22-3/h5-9,17H,4H2,1-3H3. The number of nitrogens with one attached hydrogen (secondary N) is 1. The average molecular weight is 383 g/mol. The van der Waals surface area contributed by atoms with Gasteiger partial charge < -0.3 is 9.47 Å². The van der Waals surface area contributed by atoms with Gasteiger partial charge in [0.1, 0.15) is 9.88 Å². The summed E-state index contributed by atoms with van der Waals surface area (Å²) in [4.78, 5) is 23.5. The van der Waals surface area contributed by atoms with Crippen molar-refractivity contribution in [2.75, 3.05) is 18.4 Å². The molecule has 7 nitrogen and oxygen atoms in total. The summed E-state index contributed by atoms with van der Waals surface area (Å²) >= 11 is 0.989. The van der Waals surface area contributed by atoms with Gasteiger partial charge in [0.05, 0.1) is 24.2 Å². The molecule has 0 amide bonds. The molecule has 0 bridgehead atoms. The number of carbonyl (C=O) groups excluding carboxylic acids is 2. The largest absolute Gasteiger partial charge is 0.465 e. The molecule has 1 heterocycles. The summed E-state index contributed by atoms with van der Waals surface area (Å²) in [5.41, 5.74) is 0.882. The molecule has 0 aliphatic heterocycles. The van der Waals surface area contributed by atoms with Gasteiger partial charge in [0, 0.05) is 0 Å². The molecule has 2 rings (SSSR count). The molecule has 1 aromatic heterocycles. The van der Waals surface area contributed by atoms with E-state index in [-0.39, 0.29) is 17.1 Å². The number of ether oxygens (including phenoxy) is 2. The third-order valence-electron chi connectivity index (χ3n) is 3.20. The number of carbonyl (C=O) groups is 2. The Morgan fingerprint density at radius 1 is 1.16 bits per heavy atom. The highest BCUT2D eigenvalue weighted by Crippen LogP contribution is 2.29. The fourth-order valence-corrected chi connectivity index (χ4v) is 4.28. The third-order valence-corrected chi connectivity index (χ3v) is 5.84. The molecule has 25 heavy (non-hydrogen) atoms. The van der Waals surface area contributed by atoms with E-state index in [2.05, 4.69) is 9.46 Å². The monoisotopic (exact) mass is 383 g/mol. The fraction of sp³-hybridized carbons (Fsp3) is 0.250. The van der Waals surface area contributed by atoms with Crippen LogP contribution in [-0.2, 0) is 19.5 Å². The Bertz CT molecular complexity index is 884. The zero-order chi connectivity index (χ0) is 18.6. The highest BCUT2D eigenvalue weighted by Gasteiger charge is 2.19. The van der Waals surface area contributed by atoms with Crippen molar-refractivity contribution in [3.63, 3.8) is 0 Å². The van der Waals surface area contributed by atoms with E-state index in [0.29, 0.717) is 15.4 Å². The topological polar surface area (TPSA) is 98.8 Å². The van der Waals surface area contributed by atoms with Crippen LogP contribution in [0.15, 0.2) is 35.2 Å². The van der Waals surface area contributed by atoms with Gasteiger partial charge in [0.2, 0.25) is 0 Å². The summed E-state index contributed by atoms with van der Waals surface area (Å²) in [6.45, 7) is 3.61. The fourth-order valence-electron chi connectivity index (χ4n) is 2.00. The Kier molecular flexibility index (Phi) is 5.81. The zero-order valence-electron chi connectivity index (χ0n) is 13.9. The van der Waals surface area contributed by atoms with Gasteiger partial charge in [-0.15, -0.1) is 11.3 Å². The quantitative estimate of drug-likeness (QED) is 0.770. The highest BCUT2D eigenvalue weighted by atomic mass is 32.2. The summed E-state index contributed by atoms with van der Waals surface area (Å²) in [5, 5.41) is 0.298. The molecule has 0 saturated heterocycles. The van der Waals surface area contributed by atoms with Crippen molar-refractivity contribution >= 4 is 38.3 Å². The van der Waals surface area contributed by atoms with Crippen LogP contribution in [0.3, 0.4) is 0 Å². The predicted octanol–water partition coefficient (Wildman–Crippen LogP) is 2.82. The number of methoxy groups -OCH3 is 1. The van der Waals surface area contributed by atoms with E-state index < -0.39 is 22.0 Å². The van der Waals surface area contributed by atoms with Crippen molar-refractivity contribution in [1.29, 1.82) is 0 Å². The van der Waals surface area contributed by atoms with Crippen LogP contribution < -0.4 is 4.72 Å². The summed E-state index contributed by atoms with van der Waals surface area (Å²) in [5.74, 6) is -1.04. The third kappa shape index (κ3) is 4.37. The lowest BCUT2D eigenvalue weighted by Crippen LogP contribution is -2.12. The van der Waals surface area contributed by atoms with Crippen LogP contribution in [0.1, 0.15) is 32.5 Å². The molecule has 0 aliphatic carbocycles. The summed E-state index contributed by atoms with van der Waals surface area (Å²) in [7, 11) is -2.59. The predicted molar refractivity (Wildman–Crippen MR) is 93.6 cm³/mol. The minimum Gasteiger partial charge on any atom is -0.465 e. The van der Waals surface area contributed by atoms with Gasteiger partial charge >= 0.3 is 11.9 Å². The number of benzene rings is 1. The smallest absolute Gasteiger partial charge is 0.348 e. The number of rotatable bonds is 6. The highest BCUT2D eigenvalue weighted by molar-refractivity contribution is 7.93. The second kappa shape index (κ2) is 7.66. The van der Waals surface area contributed by atoms with Crippen LogP contribution in [0.2, 0.25) is 0 Å². The first-order valence-corrected chi connectivity index (χ1v) is 9.57. The lowest BCUT2D eigenvalue weighted by molar-refractivity contribution is 0.0525. The lowest BCUT2D eigenvalue weighted by atomic mass is 10.2. The van der Waals surface area contributed by atoms with Crippen molar-refractivity contribution in [3.05, 3.63) is 46.3 Å². The average Bonchev–Trinajstić information content (AvgIpc) is 2.94. The second-order valence-corrected chi connectivity index (χ2v) is 7.70. The Balaban J connectivity index is 2.22. The number of hydrogen-bond acceptors (Lipinski definition) is 7. The van der Waals surface area contributed by atoms with Crippen molar-refractivity contribution < 1.29 is 27.5 Å². The number of aryl methyl sites for hydroxylation is 1. The van der Waals surface area contributed by atoms with Gasteiger partial charge in [-0.3, -0.25) is 4.72 Å². The molecule has 1 aromatic carbocycles. The van der Waals surface area contributed by atoms with E-state index in [1.54, 1.807) is 19.9 Å². The Morgan fingerprint density at radius 3 is 2.36 bits per heavy atom. The molecule has 0 atom stereocenters. The van der Waals surface area contributed by atoms with Gasteiger partial charge in [-0.1, -0.05) is 0 Å². The molecular weight excluding hydrogens is 366 g/mol. The molecule has 2 aromatic rings. The maximum atomic E-state index is 12.4. The van der Waals surface area contributed by atoms with Gasteiger partial charge in [-0.2, -0.15) is 0 Å². The number of hydrogen-bond donors (Lipinski definition) is 1. The normalized spacial score (nSPS) is 11.0. The second-order valence-electron chi connectivity index (χ2n) is 4.96. The summed E-state index contributed by atoms with van der Waals surface area (Å²) in [6.07, 6.45) is 0. The lowest BCUT2D eigenvalue weighted by Gasteiger charge is -2.07. The number of thiophene rings is 1. The number of sulfonamides is 1. The van der Waals surface area contributed by atoms with E-state index in [0.717, 1.165) is 11.3 Å². The Labute approximate surface area is 149 Å². The summed E-state index contributed by atoms with van der Waals surface area (Å²) < 4.78 is 36.8. The molecule has 134 valence electrons. The van der Waals surface area contributed by atoms with Crippen LogP contribution >= 0.6 is 11.3 Å². The number of anilines is 1. The molecule has 0 fully saturated rings. The molecule has 0 saturated carbocycles. The van der Waals surface area contributed by atoms with E-state index in [4.69, 9.17) is 4.74 Å². The van der Waals surface area contributed by atoms with Gasteiger partial charge in [0.25, 0.3) is 10.0 Å². The zero-order valence-corrected chi connectivity index (χ0v) is 15.5. The molecule has 0 aliphatic rings. The molecule has 0 unspecified atom stereocenters. The van der Waals surface area contributed by atoms with Crippen LogP contribution in [0, 0.1) is 6.92 Å². The minimum atomic E-state index is -3.85. The number of esters is 2. The Morgan fingerprint density at radius 2 is 1.80 bits per heavy atom. The van der Waals surface area contributed by atoms with Gasteiger partial charge in [-0.05, 0) is 49.7 Å². The van der Waals surface area contributed by atoms with Crippen LogP contribution in [0.4, 0.5) is 5.00 Å². The maximum absolute atomic E-state index is 12.4. The first-order valence-electron chi connectivity index (χ1n) is 7.27. The Hall–Kier alpha value is -2.39. The first-order chi connectivity index (χ1) is 11.8. The van der Waals surface area contributed by atoms with E-state index in [1.807, 2.05) is 0 Å². The van der Waals surface area contributed by atoms with Crippen molar-refractivity contribution in [1.82, 2.24) is 0 Å². The van der Waals surface area contributed by atoms with Crippen molar-refractivity contribution in [2.24, 2.45) is 0 Å². The molecule has 1 N–H and O–H groups in total. The van der Waals surface area contributed by atoms with E-state index in [1.165, 1.54) is 31.4 Å². The van der Waals surface area contributed by atoms with Crippen LogP contribution in [0.25, 0.3) is 0 Å². The maximum Gasteiger partial charge on any atom is 0.348 e. The van der Waals surface area contributed by atoms with Gasteiger partial charge in [-0.25, -0.2) is 18.0 Å². The van der Waals surface area contributed by atoms with Crippen molar-refractivity contribution in [2.45, 2.75) is 18.7 Å². The van der Waals surface area contributed by atoms with Crippen LogP contribution in [0.5, 0.6) is 0 Å². The first kappa shape index (κ1) is 18.9. The molecular formula is C16H17NO6S2. The SMILES string of the molecule is CCOC(=O)c1ccc(S(=O)(=O)Nc2cc(C)c(C(=O)OC)s2)cc1. The molecule has 0 radical (unpaired) electrons. The summed E-state index contributed by atoms with van der Waals surface area (Å²) in [6, 6.07) is 6.95. The minimum absolute atomic E-state index is 0.00813. The van der Waals surface area contributed by atoms with E-state index >= 15 is 0 Å². The molecule has 9 heteroatoms. The van der Waals surface area contributed by atoms with Gasteiger partial charge in [0.15, 0.2) is 0 Å². The molecule has 0 spiro atoms. The van der Waals surface area contributed by atoms with Crippen LogP contribution in [-0.4, -0.2) is 34.1 Å². The van der Waals surface area contributed by atoms with E-state index in [9.17, 15) is 18.0 Å².